The Labute approximate surface area is 188 Å². The second-order valence-corrected chi connectivity index (χ2v) is 7.07. The van der Waals surface area contributed by atoms with Crippen LogP contribution in [0, 0.1) is 11.3 Å². The van der Waals surface area contributed by atoms with Crippen molar-refractivity contribution in [3.8, 4) is 17.6 Å². The molecule has 162 valence electrons. The molecule has 0 heterocycles. The number of hydrogen-bond acceptors (Lipinski definition) is 4. The van der Waals surface area contributed by atoms with Gasteiger partial charge in [0.25, 0.3) is 5.91 Å². The second kappa shape index (κ2) is 12.0. The Hall–Kier alpha value is -4.04. The summed E-state index contributed by atoms with van der Waals surface area (Å²) in [6.07, 6.45) is 2.26. The number of benzene rings is 3. The fourth-order valence-corrected chi connectivity index (χ4v) is 3.11. The largest absolute Gasteiger partial charge is 0.490 e. The highest BCUT2D eigenvalue weighted by Crippen LogP contribution is 2.30. The number of carbonyl (C=O) groups is 1. The number of hydrogen-bond donors (Lipinski definition) is 1. The third-order valence-corrected chi connectivity index (χ3v) is 4.72. The number of rotatable bonds is 10. The zero-order valence-electron chi connectivity index (χ0n) is 18.1. The van der Waals surface area contributed by atoms with Crippen molar-refractivity contribution < 1.29 is 14.3 Å². The lowest BCUT2D eigenvalue weighted by molar-refractivity contribution is -0.117. The Morgan fingerprint density at radius 2 is 1.62 bits per heavy atom. The van der Waals surface area contributed by atoms with Gasteiger partial charge in [0.2, 0.25) is 0 Å². The Bertz CT molecular complexity index is 1090. The van der Waals surface area contributed by atoms with Crippen LogP contribution in [0.3, 0.4) is 0 Å². The highest BCUT2D eigenvalue weighted by atomic mass is 16.5. The van der Waals surface area contributed by atoms with Crippen LogP contribution in [-0.2, 0) is 17.8 Å². The normalized spacial score (nSPS) is 10.8. The Morgan fingerprint density at radius 3 is 2.28 bits per heavy atom. The molecule has 1 N–H and O–H groups in total. The summed E-state index contributed by atoms with van der Waals surface area (Å²) in [6.45, 7) is 3.24. The molecule has 0 saturated heterocycles. The molecule has 3 aromatic rings. The van der Waals surface area contributed by atoms with E-state index in [0.29, 0.717) is 43.2 Å². The maximum absolute atomic E-state index is 12.4. The fraction of sp³-hybridized carbons (Fsp3) is 0.185. The molecule has 3 aromatic carbocycles. The van der Waals surface area contributed by atoms with E-state index in [-0.39, 0.29) is 5.57 Å². The van der Waals surface area contributed by atoms with Crippen molar-refractivity contribution in [1.82, 2.24) is 5.32 Å². The van der Waals surface area contributed by atoms with Crippen LogP contribution < -0.4 is 14.8 Å². The van der Waals surface area contributed by atoms with E-state index in [1.54, 1.807) is 24.3 Å². The minimum atomic E-state index is -0.397. The predicted octanol–water partition coefficient (Wildman–Crippen LogP) is 4.93. The van der Waals surface area contributed by atoms with Crippen molar-refractivity contribution in [1.29, 1.82) is 5.26 Å². The minimum absolute atomic E-state index is 0.0402. The molecule has 0 aromatic heterocycles. The minimum Gasteiger partial charge on any atom is -0.490 e. The number of nitrogens with one attached hydrogen (secondary N) is 1. The van der Waals surface area contributed by atoms with E-state index in [2.05, 4.69) is 5.32 Å². The molecule has 0 radical (unpaired) electrons. The first-order chi connectivity index (χ1) is 15.7. The topological polar surface area (TPSA) is 71.3 Å². The summed E-state index contributed by atoms with van der Waals surface area (Å²) >= 11 is 0. The Morgan fingerprint density at radius 1 is 0.938 bits per heavy atom. The molecule has 0 spiro atoms. The molecular weight excluding hydrogens is 400 g/mol. The molecule has 0 fully saturated rings. The molecule has 5 heteroatoms. The number of nitriles is 1. The zero-order chi connectivity index (χ0) is 22.6. The molecule has 0 aliphatic carbocycles. The average Bonchev–Trinajstić information content (AvgIpc) is 2.83. The van der Waals surface area contributed by atoms with Gasteiger partial charge in [-0.3, -0.25) is 4.79 Å². The van der Waals surface area contributed by atoms with Crippen molar-refractivity contribution in [3.63, 3.8) is 0 Å². The van der Waals surface area contributed by atoms with Gasteiger partial charge in [-0.2, -0.15) is 5.26 Å². The van der Waals surface area contributed by atoms with Crippen molar-refractivity contribution in [3.05, 3.63) is 101 Å². The molecule has 32 heavy (non-hydrogen) atoms. The lowest BCUT2D eigenvalue weighted by Gasteiger charge is -2.13. The van der Waals surface area contributed by atoms with E-state index >= 15 is 0 Å². The summed E-state index contributed by atoms with van der Waals surface area (Å²) in [6, 6.07) is 27.1. The second-order valence-electron chi connectivity index (χ2n) is 7.07. The summed E-state index contributed by atoms with van der Waals surface area (Å²) in [5.74, 6) is 0.781. The van der Waals surface area contributed by atoms with Crippen molar-refractivity contribution >= 4 is 12.0 Å². The van der Waals surface area contributed by atoms with Crippen LogP contribution in [-0.4, -0.2) is 19.1 Å². The van der Waals surface area contributed by atoms with E-state index in [0.717, 1.165) is 11.1 Å². The van der Waals surface area contributed by atoms with E-state index in [1.165, 1.54) is 0 Å². The predicted molar refractivity (Wildman–Crippen MR) is 125 cm³/mol. The SMILES string of the molecule is CCOc1cc(C=C(C#N)C(=O)NCCc2ccccc2)ccc1OCc1ccccc1. The van der Waals surface area contributed by atoms with Crippen molar-refractivity contribution in [2.24, 2.45) is 0 Å². The zero-order valence-corrected chi connectivity index (χ0v) is 18.1. The smallest absolute Gasteiger partial charge is 0.261 e. The van der Waals surface area contributed by atoms with Crippen LogP contribution in [0.5, 0.6) is 11.5 Å². The Balaban J connectivity index is 1.67. The molecule has 0 unspecified atom stereocenters. The van der Waals surface area contributed by atoms with Gasteiger partial charge < -0.3 is 14.8 Å². The first kappa shape index (κ1) is 22.6. The number of ether oxygens (including phenoxy) is 2. The van der Waals surface area contributed by atoms with Gasteiger partial charge in [0.1, 0.15) is 18.2 Å². The quantitative estimate of drug-likeness (QED) is 0.369. The van der Waals surface area contributed by atoms with Gasteiger partial charge >= 0.3 is 0 Å². The van der Waals surface area contributed by atoms with Crippen molar-refractivity contribution in [2.45, 2.75) is 20.0 Å². The lowest BCUT2D eigenvalue weighted by Crippen LogP contribution is -2.26. The lowest BCUT2D eigenvalue weighted by atomic mass is 10.1. The highest BCUT2D eigenvalue weighted by molar-refractivity contribution is 6.01. The van der Waals surface area contributed by atoms with Crippen LogP contribution in [0.25, 0.3) is 6.08 Å². The maximum atomic E-state index is 12.4. The van der Waals surface area contributed by atoms with E-state index in [1.807, 2.05) is 73.7 Å². The number of amides is 1. The average molecular weight is 427 g/mol. The van der Waals surface area contributed by atoms with Crippen LogP contribution in [0.15, 0.2) is 84.4 Å². The van der Waals surface area contributed by atoms with Gasteiger partial charge in [0, 0.05) is 6.54 Å². The van der Waals surface area contributed by atoms with Crippen molar-refractivity contribution in [2.75, 3.05) is 13.2 Å². The van der Waals surface area contributed by atoms with Crippen LogP contribution in [0.4, 0.5) is 0 Å². The first-order valence-corrected chi connectivity index (χ1v) is 10.6. The molecule has 0 atom stereocenters. The summed E-state index contributed by atoms with van der Waals surface area (Å²) in [5.41, 5.74) is 2.91. The molecule has 0 bridgehead atoms. The van der Waals surface area contributed by atoms with Gasteiger partial charge in [-0.25, -0.2) is 0 Å². The van der Waals surface area contributed by atoms with Crippen LogP contribution in [0.2, 0.25) is 0 Å². The van der Waals surface area contributed by atoms with E-state index in [9.17, 15) is 10.1 Å². The van der Waals surface area contributed by atoms with Crippen LogP contribution >= 0.6 is 0 Å². The standard InChI is InChI=1S/C27H26N2O3/c1-2-31-26-18-23(13-14-25(26)32-20-22-11-7-4-8-12-22)17-24(19-28)27(30)29-16-15-21-9-5-3-6-10-21/h3-14,17-18H,2,15-16,20H2,1H3,(H,29,30). The third kappa shape index (κ3) is 6.75. The summed E-state index contributed by atoms with van der Waals surface area (Å²) in [5, 5.41) is 12.3. The molecule has 1 amide bonds. The van der Waals surface area contributed by atoms with Gasteiger partial charge in [-0.05, 0) is 48.2 Å². The summed E-state index contributed by atoms with van der Waals surface area (Å²) < 4.78 is 11.6. The Kier molecular flexibility index (Phi) is 8.47. The molecule has 0 saturated carbocycles. The first-order valence-electron chi connectivity index (χ1n) is 10.6. The highest BCUT2D eigenvalue weighted by Gasteiger charge is 2.11. The molecular formula is C27H26N2O3. The summed E-state index contributed by atoms with van der Waals surface area (Å²) in [4.78, 5) is 12.4. The van der Waals surface area contributed by atoms with E-state index < -0.39 is 5.91 Å². The van der Waals surface area contributed by atoms with Gasteiger partial charge in [0.15, 0.2) is 11.5 Å². The number of nitrogens with zero attached hydrogens (tertiary/aromatic N) is 1. The maximum Gasteiger partial charge on any atom is 0.261 e. The van der Waals surface area contributed by atoms with Gasteiger partial charge in [0.05, 0.1) is 6.61 Å². The van der Waals surface area contributed by atoms with Crippen LogP contribution in [0.1, 0.15) is 23.6 Å². The molecule has 3 rings (SSSR count). The molecule has 0 aliphatic rings. The van der Waals surface area contributed by atoms with E-state index in [4.69, 9.17) is 9.47 Å². The summed E-state index contributed by atoms with van der Waals surface area (Å²) in [7, 11) is 0. The number of carbonyl (C=O) groups excluding carboxylic acids is 1. The van der Waals surface area contributed by atoms with Gasteiger partial charge in [-0.15, -0.1) is 0 Å². The monoisotopic (exact) mass is 426 g/mol. The molecule has 5 nitrogen and oxygen atoms in total. The van der Waals surface area contributed by atoms with Gasteiger partial charge in [-0.1, -0.05) is 66.7 Å². The third-order valence-electron chi connectivity index (χ3n) is 4.72. The molecule has 0 aliphatic heterocycles. The fourth-order valence-electron chi connectivity index (χ4n) is 3.11.